The average molecular weight is 193 g/mol. The lowest BCUT2D eigenvalue weighted by molar-refractivity contribution is -0.131. The van der Waals surface area contributed by atoms with Gasteiger partial charge in [-0.2, -0.15) is 5.26 Å². The van der Waals surface area contributed by atoms with Crippen molar-refractivity contribution in [3.05, 3.63) is 0 Å². The van der Waals surface area contributed by atoms with Crippen molar-refractivity contribution in [2.75, 3.05) is 6.54 Å². The Kier molecular flexibility index (Phi) is 2.42. The first-order valence-corrected chi connectivity index (χ1v) is 5.16. The summed E-state index contributed by atoms with van der Waals surface area (Å²) in [4.78, 5) is 13.8. The fourth-order valence-corrected chi connectivity index (χ4v) is 2.19. The van der Waals surface area contributed by atoms with Gasteiger partial charge in [-0.1, -0.05) is 0 Å². The van der Waals surface area contributed by atoms with E-state index >= 15 is 0 Å². The second-order valence-corrected chi connectivity index (χ2v) is 4.15. The Bertz CT molecular complexity index is 280. The van der Waals surface area contributed by atoms with E-state index in [4.69, 9.17) is 5.26 Å². The molecule has 1 saturated heterocycles. The topological polar surface area (TPSA) is 56.1 Å². The summed E-state index contributed by atoms with van der Waals surface area (Å²) in [6, 6.07) is 2.81. The van der Waals surface area contributed by atoms with Gasteiger partial charge in [0.25, 0.3) is 0 Å². The third-order valence-electron chi connectivity index (χ3n) is 3.00. The molecule has 2 aliphatic rings. The molecule has 1 N–H and O–H groups in total. The van der Waals surface area contributed by atoms with Crippen molar-refractivity contribution < 1.29 is 4.79 Å². The van der Waals surface area contributed by atoms with E-state index in [-0.39, 0.29) is 11.9 Å². The molecular formula is C10H15N3O. The average Bonchev–Trinajstić information content (AvgIpc) is 2.95. The minimum absolute atomic E-state index is 0.0246. The first-order chi connectivity index (χ1) is 6.74. The molecule has 1 aliphatic heterocycles. The number of hydrogen-bond acceptors (Lipinski definition) is 3. The molecule has 1 amide bonds. The Morgan fingerprint density at radius 1 is 1.64 bits per heavy atom. The number of carbonyl (C=O) groups is 1. The van der Waals surface area contributed by atoms with Crippen LogP contribution in [0.4, 0.5) is 0 Å². The van der Waals surface area contributed by atoms with Gasteiger partial charge in [-0.05, 0) is 19.8 Å². The third-order valence-corrected chi connectivity index (χ3v) is 3.00. The molecule has 0 bridgehead atoms. The number of nitrogens with zero attached hydrogens (tertiary/aromatic N) is 2. The quantitative estimate of drug-likeness (QED) is 0.684. The predicted molar refractivity (Wildman–Crippen MR) is 51.4 cm³/mol. The highest BCUT2D eigenvalue weighted by atomic mass is 16.2. The third kappa shape index (κ3) is 1.60. The Morgan fingerprint density at radius 2 is 2.36 bits per heavy atom. The fourth-order valence-electron chi connectivity index (χ4n) is 2.19. The highest BCUT2D eigenvalue weighted by Crippen LogP contribution is 2.32. The Hall–Kier alpha value is -1.08. The van der Waals surface area contributed by atoms with Gasteiger partial charge in [-0.3, -0.25) is 9.69 Å². The summed E-state index contributed by atoms with van der Waals surface area (Å²) in [5, 5.41) is 11.5. The van der Waals surface area contributed by atoms with Gasteiger partial charge < -0.3 is 5.32 Å². The number of carbonyl (C=O) groups excluding carboxylic acids is 1. The van der Waals surface area contributed by atoms with Crippen LogP contribution in [0.15, 0.2) is 0 Å². The first-order valence-electron chi connectivity index (χ1n) is 5.16. The lowest BCUT2D eigenvalue weighted by atomic mass is 10.1. The Morgan fingerprint density at radius 3 is 2.93 bits per heavy atom. The molecule has 76 valence electrons. The minimum Gasteiger partial charge on any atom is -0.353 e. The van der Waals surface area contributed by atoms with Gasteiger partial charge in [0, 0.05) is 18.6 Å². The van der Waals surface area contributed by atoms with Crippen molar-refractivity contribution in [3.8, 4) is 6.07 Å². The normalized spacial score (nSPS) is 33.6. The molecule has 1 heterocycles. The van der Waals surface area contributed by atoms with Crippen LogP contribution in [0.2, 0.25) is 0 Å². The fraction of sp³-hybridized carbons (Fsp3) is 0.800. The van der Waals surface area contributed by atoms with Crippen LogP contribution < -0.4 is 5.32 Å². The van der Waals surface area contributed by atoms with Gasteiger partial charge in [-0.15, -0.1) is 0 Å². The van der Waals surface area contributed by atoms with Gasteiger partial charge in [0.1, 0.15) is 6.04 Å². The van der Waals surface area contributed by atoms with Crippen molar-refractivity contribution >= 4 is 5.91 Å². The van der Waals surface area contributed by atoms with Crippen LogP contribution in [0.5, 0.6) is 0 Å². The van der Waals surface area contributed by atoms with Gasteiger partial charge >= 0.3 is 0 Å². The SMILES string of the molecule is CC1CNC(=O)C(CC#N)N1C1CC1. The lowest BCUT2D eigenvalue weighted by Crippen LogP contribution is -2.60. The van der Waals surface area contributed by atoms with Gasteiger partial charge in [0.15, 0.2) is 0 Å². The smallest absolute Gasteiger partial charge is 0.238 e. The summed E-state index contributed by atoms with van der Waals surface area (Å²) in [6.07, 6.45) is 2.67. The maximum Gasteiger partial charge on any atom is 0.238 e. The molecule has 1 aliphatic carbocycles. The van der Waals surface area contributed by atoms with Crippen LogP contribution in [0.3, 0.4) is 0 Å². The number of nitrogens with one attached hydrogen (secondary N) is 1. The molecule has 2 unspecified atom stereocenters. The molecule has 1 saturated carbocycles. The largest absolute Gasteiger partial charge is 0.353 e. The molecule has 0 aromatic carbocycles. The van der Waals surface area contributed by atoms with Crippen LogP contribution in [0.1, 0.15) is 26.2 Å². The minimum atomic E-state index is -0.212. The van der Waals surface area contributed by atoms with Crippen LogP contribution in [0.25, 0.3) is 0 Å². The zero-order chi connectivity index (χ0) is 10.1. The number of rotatable bonds is 2. The molecule has 4 heteroatoms. The molecule has 2 fully saturated rings. The van der Waals surface area contributed by atoms with E-state index in [1.165, 1.54) is 12.8 Å². The Balaban J connectivity index is 2.12. The summed E-state index contributed by atoms with van der Waals surface area (Å²) in [7, 11) is 0. The monoisotopic (exact) mass is 193 g/mol. The summed E-state index contributed by atoms with van der Waals surface area (Å²) < 4.78 is 0. The number of nitriles is 1. The molecule has 0 spiro atoms. The zero-order valence-corrected chi connectivity index (χ0v) is 8.36. The van der Waals surface area contributed by atoms with E-state index in [0.29, 0.717) is 18.5 Å². The van der Waals surface area contributed by atoms with Gasteiger partial charge in [0.05, 0.1) is 12.5 Å². The highest BCUT2D eigenvalue weighted by Gasteiger charge is 2.42. The molecule has 2 atom stereocenters. The van der Waals surface area contributed by atoms with Crippen molar-refractivity contribution in [2.24, 2.45) is 0 Å². The molecule has 14 heavy (non-hydrogen) atoms. The lowest BCUT2D eigenvalue weighted by Gasteiger charge is -2.39. The van der Waals surface area contributed by atoms with E-state index in [1.807, 2.05) is 0 Å². The van der Waals surface area contributed by atoms with E-state index in [9.17, 15) is 4.79 Å². The number of amides is 1. The van der Waals surface area contributed by atoms with E-state index < -0.39 is 0 Å². The predicted octanol–water partition coefficient (Wildman–Crippen LogP) is 0.251. The summed E-state index contributed by atoms with van der Waals surface area (Å²) in [6.45, 7) is 2.83. The highest BCUT2D eigenvalue weighted by molar-refractivity contribution is 5.83. The van der Waals surface area contributed by atoms with Crippen molar-refractivity contribution in [2.45, 2.75) is 44.3 Å². The van der Waals surface area contributed by atoms with Crippen LogP contribution in [-0.4, -0.2) is 35.5 Å². The van der Waals surface area contributed by atoms with Crippen molar-refractivity contribution in [1.82, 2.24) is 10.2 Å². The number of piperazine rings is 1. The second-order valence-electron chi connectivity index (χ2n) is 4.15. The second kappa shape index (κ2) is 3.58. The number of hydrogen-bond donors (Lipinski definition) is 1. The summed E-state index contributed by atoms with van der Waals surface area (Å²) in [5.74, 6) is 0.0246. The molecule has 0 aromatic heterocycles. The van der Waals surface area contributed by atoms with E-state index in [1.54, 1.807) is 0 Å². The van der Waals surface area contributed by atoms with Crippen LogP contribution >= 0.6 is 0 Å². The van der Waals surface area contributed by atoms with E-state index in [0.717, 1.165) is 6.54 Å². The molecule has 0 radical (unpaired) electrons. The summed E-state index contributed by atoms with van der Waals surface area (Å²) in [5.41, 5.74) is 0. The molecule has 0 aromatic rings. The van der Waals surface area contributed by atoms with E-state index in [2.05, 4.69) is 23.2 Å². The first kappa shape index (κ1) is 9.47. The van der Waals surface area contributed by atoms with Crippen LogP contribution in [0, 0.1) is 11.3 Å². The molecule has 4 nitrogen and oxygen atoms in total. The standard InChI is InChI=1S/C10H15N3O/c1-7-6-12-10(14)9(4-5-11)13(7)8-2-3-8/h7-9H,2-4,6H2,1H3,(H,12,14). The Labute approximate surface area is 83.9 Å². The summed E-state index contributed by atoms with van der Waals surface area (Å²) >= 11 is 0. The maximum absolute atomic E-state index is 11.6. The maximum atomic E-state index is 11.6. The van der Waals surface area contributed by atoms with Crippen molar-refractivity contribution in [3.63, 3.8) is 0 Å². The molecular weight excluding hydrogens is 178 g/mol. The molecule has 2 rings (SSSR count). The van der Waals surface area contributed by atoms with Gasteiger partial charge in [-0.25, -0.2) is 0 Å². The van der Waals surface area contributed by atoms with Crippen LogP contribution in [-0.2, 0) is 4.79 Å². The van der Waals surface area contributed by atoms with Gasteiger partial charge in [0.2, 0.25) is 5.91 Å². The zero-order valence-electron chi connectivity index (χ0n) is 8.36. The van der Waals surface area contributed by atoms with Crippen molar-refractivity contribution in [1.29, 1.82) is 5.26 Å².